The fourth-order valence-corrected chi connectivity index (χ4v) is 7.44. The number of hydrogen-bond donors (Lipinski definition) is 0. The number of hydrogen-bond acceptors (Lipinski definition) is 1. The molecule has 7 aromatic rings. The number of carbonyl (C=O) groups is 1. The van der Waals surface area contributed by atoms with Crippen molar-refractivity contribution in [3.63, 3.8) is 0 Å². The normalized spacial score (nSPS) is 11.6. The number of rotatable bonds is 7. The first-order valence-corrected chi connectivity index (χ1v) is 17.7. The Morgan fingerprint density at radius 2 is 0.662 bits per heavy atom. The average molecular weight is 941 g/mol. The van der Waals surface area contributed by atoms with Crippen LogP contribution in [0.5, 0.6) is 0 Å². The minimum Gasteiger partial charge on any atom is -0.288 e. The van der Waals surface area contributed by atoms with Gasteiger partial charge in [0.25, 0.3) is 5.69 Å². The summed E-state index contributed by atoms with van der Waals surface area (Å²) >= 11 is 0. The summed E-state index contributed by atoms with van der Waals surface area (Å²) in [5, 5.41) is 2.11. The van der Waals surface area contributed by atoms with Crippen molar-refractivity contribution >= 4 is 44.6 Å². The third kappa shape index (κ3) is 7.39. The molecule has 338 valence electrons. The van der Waals surface area contributed by atoms with Crippen molar-refractivity contribution in [1.29, 1.82) is 0 Å². The maximum atomic E-state index is 15.4. The Balaban J connectivity index is 0.000000289. The van der Waals surface area contributed by atoms with Crippen LogP contribution < -0.4 is 26.4 Å². The van der Waals surface area contributed by atoms with Crippen LogP contribution in [-0.2, 0) is 6.54 Å². The molecular formula is C42H16BF20NO. The Kier molecular flexibility index (Phi) is 12.8. The van der Waals surface area contributed by atoms with E-state index < -0.39 is 144 Å². The molecule has 0 saturated heterocycles. The summed E-state index contributed by atoms with van der Waals surface area (Å²) in [4.78, 5) is 12.0. The second-order valence-electron chi connectivity index (χ2n) is 13.7. The number of benzene rings is 6. The molecule has 0 N–H and O–H groups in total. The van der Waals surface area contributed by atoms with E-state index in [0.717, 1.165) is 16.5 Å². The third-order valence-electron chi connectivity index (χ3n) is 10.2. The van der Waals surface area contributed by atoms with Gasteiger partial charge in [0, 0.05) is 18.6 Å². The molecule has 0 radical (unpaired) electrons. The highest BCUT2D eigenvalue weighted by Gasteiger charge is 2.52. The average Bonchev–Trinajstić information content (AvgIpc) is 3.29. The van der Waals surface area contributed by atoms with Crippen LogP contribution in [0.4, 0.5) is 87.8 Å². The number of pyridine rings is 1. The first-order valence-electron chi connectivity index (χ1n) is 17.7. The summed E-state index contributed by atoms with van der Waals surface area (Å²) in [5.74, 6) is -71.3. The second-order valence-corrected chi connectivity index (χ2v) is 13.7. The van der Waals surface area contributed by atoms with E-state index in [1.807, 2.05) is 53.2 Å². The first kappa shape index (κ1) is 47.5. The number of nitrogens with zero attached hydrogens (tertiary/aromatic N) is 1. The zero-order valence-corrected chi connectivity index (χ0v) is 31.6. The van der Waals surface area contributed by atoms with E-state index in [9.17, 15) is 57.5 Å². The predicted octanol–water partition coefficient (Wildman–Crippen LogP) is 9.22. The molecule has 1 aromatic heterocycles. The van der Waals surface area contributed by atoms with Crippen molar-refractivity contribution in [2.45, 2.75) is 13.5 Å². The van der Waals surface area contributed by atoms with Crippen molar-refractivity contribution in [2.75, 3.05) is 0 Å². The minimum absolute atomic E-state index is 0.0951. The van der Waals surface area contributed by atoms with E-state index >= 15 is 35.1 Å². The van der Waals surface area contributed by atoms with Gasteiger partial charge < -0.3 is 0 Å². The summed E-state index contributed by atoms with van der Waals surface area (Å²) in [6, 6.07) is 20.3. The smallest absolute Gasteiger partial charge is 0.256 e. The molecule has 0 aliphatic carbocycles. The molecular weight excluding hydrogens is 925 g/mol. The third-order valence-corrected chi connectivity index (χ3v) is 10.2. The van der Waals surface area contributed by atoms with Gasteiger partial charge in [0.05, 0.1) is 5.39 Å². The number of ketones is 1. The highest BCUT2D eigenvalue weighted by molar-refractivity contribution is 7.20. The fraction of sp³-hybridized carbons (Fsp3) is 0.0476. The maximum absolute atomic E-state index is 15.4. The molecule has 0 bridgehead atoms. The lowest BCUT2D eigenvalue weighted by Gasteiger charge is -2.44. The van der Waals surface area contributed by atoms with Gasteiger partial charge in [0.1, 0.15) is 52.7 Å². The Labute approximate surface area is 349 Å². The summed E-state index contributed by atoms with van der Waals surface area (Å²) in [6.07, 6.45) is -5.22. The van der Waals surface area contributed by atoms with Crippen LogP contribution in [0.3, 0.4) is 0 Å². The number of Topliss-reactive ketones (excluding diaryl/α,β-unsaturated/α-hetero) is 1. The van der Waals surface area contributed by atoms with E-state index in [1.165, 1.54) is 5.56 Å². The number of fused-ring (bicyclic) bond motifs is 1. The van der Waals surface area contributed by atoms with Gasteiger partial charge in [0.15, 0.2) is 82.5 Å². The van der Waals surface area contributed by atoms with Crippen molar-refractivity contribution < 1.29 is 97.2 Å². The summed E-state index contributed by atoms with van der Waals surface area (Å²) in [6.45, 7) is 2.34. The molecule has 0 aliphatic heterocycles. The molecule has 65 heavy (non-hydrogen) atoms. The Morgan fingerprint density at radius 1 is 0.385 bits per heavy atom. The first-order chi connectivity index (χ1) is 30.5. The van der Waals surface area contributed by atoms with Gasteiger partial charge in [-0.1, -0.05) is 48.5 Å². The van der Waals surface area contributed by atoms with Crippen LogP contribution in [0.2, 0.25) is 0 Å². The quantitative estimate of drug-likeness (QED) is 0.0390. The standard InChI is InChI=1S/C24BF20.C18H16NO/c26-5-1(6(27)14(35)21(42)13(5)34)25(2-7(28)15(36)22(43)16(37)8(2)29,3-9(30)17(38)23(44)18(39)10(3)31)4-11(32)19(40)24(45)20(41)12(4)33;1-14(20)18-17-10-6-5-9-16(17)11-12-19(18)13-15-7-3-2-4-8-15/h;2-12H,13H2,1H3/q-1;+1. The summed E-state index contributed by atoms with van der Waals surface area (Å²) < 4.78 is 296. The van der Waals surface area contributed by atoms with Crippen LogP contribution in [0.15, 0.2) is 66.9 Å². The highest BCUT2D eigenvalue weighted by Crippen LogP contribution is 2.31. The van der Waals surface area contributed by atoms with Crippen molar-refractivity contribution in [3.05, 3.63) is 194 Å². The van der Waals surface area contributed by atoms with Crippen molar-refractivity contribution in [1.82, 2.24) is 0 Å². The molecule has 0 atom stereocenters. The number of halogens is 20. The van der Waals surface area contributed by atoms with Gasteiger partial charge >= 0.3 is 0 Å². The molecule has 2 nitrogen and oxygen atoms in total. The molecule has 0 amide bonds. The van der Waals surface area contributed by atoms with Gasteiger partial charge in [0.2, 0.25) is 5.78 Å². The second kappa shape index (κ2) is 17.6. The number of carbonyl (C=O) groups excluding carboxylic acids is 1. The zero-order chi connectivity index (χ0) is 48.3. The summed E-state index contributed by atoms with van der Waals surface area (Å²) in [7, 11) is 0. The lowest BCUT2D eigenvalue weighted by atomic mass is 9.12. The van der Waals surface area contributed by atoms with Crippen LogP contribution in [-0.4, -0.2) is 11.9 Å². The molecule has 1 heterocycles. The van der Waals surface area contributed by atoms with Crippen LogP contribution in [0, 0.1) is 116 Å². The van der Waals surface area contributed by atoms with Gasteiger partial charge in [-0.2, -0.15) is 4.57 Å². The molecule has 0 saturated carbocycles. The highest BCUT2D eigenvalue weighted by atomic mass is 19.2. The molecule has 23 heteroatoms. The zero-order valence-electron chi connectivity index (χ0n) is 31.6. The lowest BCUT2D eigenvalue weighted by Crippen LogP contribution is -2.81. The van der Waals surface area contributed by atoms with Gasteiger partial charge in [-0.3, -0.25) is 4.79 Å². The van der Waals surface area contributed by atoms with E-state index in [2.05, 4.69) is 18.2 Å². The minimum atomic E-state index is -7.22. The van der Waals surface area contributed by atoms with Crippen molar-refractivity contribution in [3.8, 4) is 0 Å². The fourth-order valence-electron chi connectivity index (χ4n) is 7.44. The van der Waals surface area contributed by atoms with Crippen LogP contribution in [0.1, 0.15) is 23.0 Å². The Morgan fingerprint density at radius 3 is 0.969 bits per heavy atom. The van der Waals surface area contributed by atoms with E-state index in [1.54, 1.807) is 6.92 Å². The van der Waals surface area contributed by atoms with Crippen LogP contribution >= 0.6 is 0 Å². The Hall–Kier alpha value is -6.94. The molecule has 6 aromatic carbocycles. The SMILES string of the molecule is CC(=O)c1c2ccccc2cc[n+]1Cc1ccccc1.Fc1c(F)c(F)c([B-](c2c(F)c(F)c(F)c(F)c2F)(c2c(F)c(F)c(F)c(F)c2F)c2c(F)c(F)c(F)c(F)c2F)c(F)c1F. The molecule has 0 spiro atoms. The van der Waals surface area contributed by atoms with Crippen LogP contribution in [0.25, 0.3) is 10.8 Å². The van der Waals surface area contributed by atoms with Gasteiger partial charge in [-0.25, -0.2) is 87.8 Å². The monoisotopic (exact) mass is 941 g/mol. The number of aromatic nitrogens is 1. The van der Waals surface area contributed by atoms with Gasteiger partial charge in [-0.05, 0) is 11.5 Å². The Bertz CT molecular complexity index is 2730. The molecule has 0 unspecified atom stereocenters. The largest absolute Gasteiger partial charge is 0.288 e. The summed E-state index contributed by atoms with van der Waals surface area (Å²) in [5.41, 5.74) is -12.4. The molecule has 7 rings (SSSR count). The lowest BCUT2D eigenvalue weighted by molar-refractivity contribution is -0.688. The molecule has 0 aliphatic rings. The topological polar surface area (TPSA) is 20.9 Å². The van der Waals surface area contributed by atoms with E-state index in [4.69, 9.17) is 0 Å². The van der Waals surface area contributed by atoms with E-state index in [-0.39, 0.29) is 5.78 Å². The molecule has 0 fully saturated rings. The van der Waals surface area contributed by atoms with Gasteiger partial charge in [-0.15, -0.1) is 21.9 Å². The van der Waals surface area contributed by atoms with Crippen molar-refractivity contribution in [2.24, 2.45) is 0 Å². The maximum Gasteiger partial charge on any atom is 0.256 e. The van der Waals surface area contributed by atoms with E-state index in [0.29, 0.717) is 6.54 Å². The predicted molar refractivity (Wildman–Crippen MR) is 189 cm³/mol.